The Kier molecular flexibility index (Phi) is 7.74. The molecule has 0 aliphatic rings. The highest BCUT2D eigenvalue weighted by Crippen LogP contribution is 2.09. The molecule has 0 fully saturated rings. The Morgan fingerprint density at radius 1 is 1.07 bits per heavy atom. The quantitative estimate of drug-likeness (QED) is 0.567. The fraction of sp³-hybridized carbons (Fsp3) is 0.273. The molecule has 0 saturated carbocycles. The van der Waals surface area contributed by atoms with Crippen LogP contribution in [0.3, 0.4) is 0 Å². The molecule has 0 unspecified atom stereocenters. The molecule has 0 aliphatic carbocycles. The summed E-state index contributed by atoms with van der Waals surface area (Å²) in [6, 6.07) is 16.0. The number of rotatable bonds is 8. The van der Waals surface area contributed by atoms with Crippen LogP contribution in [0.25, 0.3) is 6.08 Å². The number of esters is 1. The van der Waals surface area contributed by atoms with Crippen molar-refractivity contribution in [1.29, 1.82) is 0 Å². The van der Waals surface area contributed by atoms with Gasteiger partial charge in [-0.25, -0.2) is 9.18 Å². The van der Waals surface area contributed by atoms with E-state index in [0.29, 0.717) is 0 Å². The van der Waals surface area contributed by atoms with E-state index in [0.717, 1.165) is 18.9 Å². The van der Waals surface area contributed by atoms with Crippen LogP contribution in [0.1, 0.15) is 31.4 Å². The molecule has 0 bridgehead atoms. The molecule has 27 heavy (non-hydrogen) atoms. The van der Waals surface area contributed by atoms with Gasteiger partial charge in [-0.1, -0.05) is 48.5 Å². The van der Waals surface area contributed by atoms with Crippen molar-refractivity contribution in [3.63, 3.8) is 0 Å². The highest BCUT2D eigenvalue weighted by Gasteiger charge is 2.18. The molecule has 0 saturated heterocycles. The molecule has 1 N–H and O–H groups in total. The van der Waals surface area contributed by atoms with E-state index in [1.807, 2.05) is 37.3 Å². The van der Waals surface area contributed by atoms with Gasteiger partial charge in [0, 0.05) is 17.7 Å². The van der Waals surface area contributed by atoms with Crippen LogP contribution in [0.5, 0.6) is 0 Å². The summed E-state index contributed by atoms with van der Waals surface area (Å²) >= 11 is 0. The number of carbonyl (C=O) groups excluding carboxylic acids is 2. The summed E-state index contributed by atoms with van der Waals surface area (Å²) in [6.45, 7) is 3.42. The number of amides is 1. The van der Waals surface area contributed by atoms with Crippen LogP contribution in [-0.4, -0.2) is 24.0 Å². The summed E-state index contributed by atoms with van der Waals surface area (Å²) in [5.41, 5.74) is 1.48. The fourth-order valence-electron chi connectivity index (χ4n) is 2.50. The number of carbonyl (C=O) groups is 2. The second kappa shape index (κ2) is 10.3. The van der Waals surface area contributed by atoms with Gasteiger partial charge >= 0.3 is 5.97 Å². The van der Waals surface area contributed by atoms with Gasteiger partial charge in [-0.05, 0) is 44.4 Å². The van der Waals surface area contributed by atoms with Crippen LogP contribution < -0.4 is 5.32 Å². The van der Waals surface area contributed by atoms with Gasteiger partial charge in [0.1, 0.15) is 5.82 Å². The Morgan fingerprint density at radius 3 is 2.44 bits per heavy atom. The molecule has 2 rings (SSSR count). The number of halogens is 1. The first kappa shape index (κ1) is 20.4. The summed E-state index contributed by atoms with van der Waals surface area (Å²) in [5.74, 6) is -1.49. The van der Waals surface area contributed by atoms with Crippen molar-refractivity contribution >= 4 is 18.0 Å². The van der Waals surface area contributed by atoms with E-state index in [9.17, 15) is 14.0 Å². The van der Waals surface area contributed by atoms with Crippen molar-refractivity contribution < 1.29 is 18.7 Å². The lowest BCUT2D eigenvalue weighted by Gasteiger charge is -2.17. The lowest BCUT2D eigenvalue weighted by atomic mass is 10.1. The average Bonchev–Trinajstić information content (AvgIpc) is 2.66. The Balaban J connectivity index is 1.77. The first-order valence-corrected chi connectivity index (χ1v) is 8.93. The van der Waals surface area contributed by atoms with E-state index in [1.54, 1.807) is 18.2 Å². The predicted molar refractivity (Wildman–Crippen MR) is 103 cm³/mol. The number of hydrogen-bond acceptors (Lipinski definition) is 3. The van der Waals surface area contributed by atoms with Crippen molar-refractivity contribution in [1.82, 2.24) is 5.32 Å². The molecule has 0 aromatic heterocycles. The van der Waals surface area contributed by atoms with Crippen LogP contribution in [0.15, 0.2) is 60.7 Å². The van der Waals surface area contributed by atoms with Crippen LogP contribution in [0.2, 0.25) is 0 Å². The second-order valence-electron chi connectivity index (χ2n) is 6.37. The summed E-state index contributed by atoms with van der Waals surface area (Å²) in [5, 5.41) is 2.84. The maximum absolute atomic E-state index is 13.5. The van der Waals surface area contributed by atoms with Gasteiger partial charge in [-0.3, -0.25) is 4.79 Å². The number of aryl methyl sites for hydroxylation is 1. The Labute approximate surface area is 159 Å². The second-order valence-corrected chi connectivity index (χ2v) is 6.37. The van der Waals surface area contributed by atoms with Gasteiger partial charge in [0.25, 0.3) is 5.91 Å². The third-order valence-electron chi connectivity index (χ3n) is 4.06. The van der Waals surface area contributed by atoms with Crippen molar-refractivity contribution in [2.45, 2.75) is 38.8 Å². The zero-order valence-electron chi connectivity index (χ0n) is 15.5. The lowest BCUT2D eigenvalue weighted by Crippen LogP contribution is -2.40. The summed E-state index contributed by atoms with van der Waals surface area (Å²) in [7, 11) is 0. The Morgan fingerprint density at radius 2 is 1.74 bits per heavy atom. The van der Waals surface area contributed by atoms with Crippen LogP contribution in [0.4, 0.5) is 4.39 Å². The van der Waals surface area contributed by atoms with Crippen molar-refractivity contribution in [3.8, 4) is 0 Å². The molecule has 2 aromatic carbocycles. The molecular weight excluding hydrogens is 345 g/mol. The Bertz CT molecular complexity index is 789. The molecule has 4 nitrogen and oxygen atoms in total. The minimum absolute atomic E-state index is 0.0483. The smallest absolute Gasteiger partial charge is 0.331 e. The molecule has 0 spiro atoms. The minimum Gasteiger partial charge on any atom is -0.449 e. The summed E-state index contributed by atoms with van der Waals surface area (Å²) in [6.07, 6.45) is 3.14. The first-order valence-electron chi connectivity index (χ1n) is 8.93. The van der Waals surface area contributed by atoms with Crippen molar-refractivity contribution in [3.05, 3.63) is 77.6 Å². The maximum Gasteiger partial charge on any atom is 0.331 e. The highest BCUT2D eigenvalue weighted by atomic mass is 19.1. The predicted octanol–water partition coefficient (Wildman–Crippen LogP) is 3.91. The molecule has 142 valence electrons. The zero-order valence-corrected chi connectivity index (χ0v) is 15.5. The maximum atomic E-state index is 13.5. The normalized spacial score (nSPS) is 13.1. The molecule has 1 amide bonds. The zero-order chi connectivity index (χ0) is 19.6. The average molecular weight is 369 g/mol. The first-order chi connectivity index (χ1) is 13.0. The highest BCUT2D eigenvalue weighted by molar-refractivity contribution is 5.90. The number of nitrogens with one attached hydrogen (secondary N) is 1. The number of benzene rings is 2. The van der Waals surface area contributed by atoms with E-state index in [2.05, 4.69) is 5.32 Å². The van der Waals surface area contributed by atoms with Crippen LogP contribution in [0, 0.1) is 5.82 Å². The van der Waals surface area contributed by atoms with Gasteiger partial charge in [0.2, 0.25) is 0 Å². The van der Waals surface area contributed by atoms with E-state index in [4.69, 9.17) is 4.74 Å². The lowest BCUT2D eigenvalue weighted by molar-refractivity contribution is -0.150. The van der Waals surface area contributed by atoms with Crippen LogP contribution in [-0.2, 0) is 20.7 Å². The van der Waals surface area contributed by atoms with Gasteiger partial charge in [-0.2, -0.15) is 0 Å². The molecular formula is C22H24FNO3. The molecule has 0 aliphatic heterocycles. The van der Waals surface area contributed by atoms with Gasteiger partial charge in [0.15, 0.2) is 6.10 Å². The molecule has 5 heteroatoms. The van der Waals surface area contributed by atoms with E-state index in [1.165, 1.54) is 24.6 Å². The molecule has 2 atom stereocenters. The summed E-state index contributed by atoms with van der Waals surface area (Å²) < 4.78 is 18.6. The number of ether oxygens (including phenoxy) is 1. The van der Waals surface area contributed by atoms with Gasteiger partial charge < -0.3 is 10.1 Å². The monoisotopic (exact) mass is 369 g/mol. The van der Waals surface area contributed by atoms with Gasteiger partial charge in [-0.15, -0.1) is 0 Å². The largest absolute Gasteiger partial charge is 0.449 e. The third-order valence-corrected chi connectivity index (χ3v) is 4.06. The Hall–Kier alpha value is -2.95. The third kappa shape index (κ3) is 7.05. The standard InChI is InChI=1S/C22H24FNO3/c1-16(12-13-18-8-4-3-5-9-18)24-22(26)17(2)27-21(25)15-14-19-10-6-7-11-20(19)23/h3-11,14-17H,12-13H2,1-2H3,(H,24,26)/b15-14+/t16-,17+/m1/s1. The minimum atomic E-state index is -0.929. The SMILES string of the molecule is C[C@H](CCc1ccccc1)NC(=O)[C@H](C)OC(=O)/C=C/c1ccccc1F. The molecule has 0 radical (unpaired) electrons. The van der Waals surface area contributed by atoms with E-state index >= 15 is 0 Å². The number of hydrogen-bond donors (Lipinski definition) is 1. The topological polar surface area (TPSA) is 55.4 Å². The van der Waals surface area contributed by atoms with Crippen molar-refractivity contribution in [2.24, 2.45) is 0 Å². The van der Waals surface area contributed by atoms with E-state index in [-0.39, 0.29) is 17.5 Å². The van der Waals surface area contributed by atoms with E-state index < -0.39 is 17.9 Å². The van der Waals surface area contributed by atoms with Crippen LogP contribution >= 0.6 is 0 Å². The summed E-state index contributed by atoms with van der Waals surface area (Å²) in [4.78, 5) is 24.0. The van der Waals surface area contributed by atoms with Crippen molar-refractivity contribution in [2.75, 3.05) is 0 Å². The molecule has 0 heterocycles. The fourth-order valence-corrected chi connectivity index (χ4v) is 2.50. The van der Waals surface area contributed by atoms with Gasteiger partial charge in [0.05, 0.1) is 0 Å². The molecule has 2 aromatic rings.